The molecule has 0 amide bonds. The summed E-state index contributed by atoms with van der Waals surface area (Å²) in [5.74, 6) is -0.784. The summed E-state index contributed by atoms with van der Waals surface area (Å²) in [6, 6.07) is 3.00. The van der Waals surface area contributed by atoms with Crippen LogP contribution in [0.1, 0.15) is 39.0 Å². The zero-order valence-corrected chi connectivity index (χ0v) is 9.38. The zero-order valence-electron chi connectivity index (χ0n) is 8.56. The topological polar surface area (TPSA) is 40.5 Å². The summed E-state index contributed by atoms with van der Waals surface area (Å²) in [4.78, 5) is 15.1. The third kappa shape index (κ3) is 1.25. The van der Waals surface area contributed by atoms with Gasteiger partial charge < -0.3 is 5.11 Å². The van der Waals surface area contributed by atoms with Crippen LogP contribution in [0.3, 0.4) is 0 Å². The van der Waals surface area contributed by atoms with Gasteiger partial charge in [-0.3, -0.25) is 4.90 Å². The number of fused-ring (bicyclic) bond motifs is 4. The summed E-state index contributed by atoms with van der Waals surface area (Å²) in [5, 5.41) is 8.97. The molecule has 1 fully saturated rings. The number of aromatic carboxylic acids is 1. The van der Waals surface area contributed by atoms with Crippen molar-refractivity contribution in [2.45, 2.75) is 31.3 Å². The highest BCUT2D eigenvalue weighted by molar-refractivity contribution is 7.14. The third-order valence-electron chi connectivity index (χ3n) is 3.67. The lowest BCUT2D eigenvalue weighted by Gasteiger charge is -2.30. The molecule has 0 saturated carbocycles. The normalized spacial score (nSPS) is 29.1. The highest BCUT2D eigenvalue weighted by Crippen LogP contribution is 2.45. The van der Waals surface area contributed by atoms with Crippen LogP contribution in [0.15, 0.2) is 6.07 Å². The van der Waals surface area contributed by atoms with Crippen LogP contribution in [0.2, 0.25) is 0 Å². The summed E-state index contributed by atoms with van der Waals surface area (Å²) in [7, 11) is 2.16. The predicted octanol–water partition coefficient (Wildman–Crippen LogP) is 2.14. The van der Waals surface area contributed by atoms with E-state index >= 15 is 0 Å². The Morgan fingerprint density at radius 3 is 3.13 bits per heavy atom. The Balaban J connectivity index is 2.06. The average molecular weight is 223 g/mol. The van der Waals surface area contributed by atoms with Crippen molar-refractivity contribution in [1.82, 2.24) is 4.90 Å². The molecule has 0 spiro atoms. The second-order valence-electron chi connectivity index (χ2n) is 4.41. The van der Waals surface area contributed by atoms with Crippen molar-refractivity contribution in [3.05, 3.63) is 21.4 Å². The van der Waals surface area contributed by atoms with Gasteiger partial charge in [0, 0.05) is 17.0 Å². The number of carbonyl (C=O) groups is 1. The van der Waals surface area contributed by atoms with Gasteiger partial charge in [-0.25, -0.2) is 4.79 Å². The summed E-state index contributed by atoms with van der Waals surface area (Å²) in [6.07, 6.45) is 3.48. The Labute approximate surface area is 92.3 Å². The number of carboxylic acids is 1. The Morgan fingerprint density at radius 2 is 2.40 bits per heavy atom. The van der Waals surface area contributed by atoms with Crippen LogP contribution in [-0.2, 0) is 6.42 Å². The molecule has 15 heavy (non-hydrogen) atoms. The maximum Gasteiger partial charge on any atom is 0.345 e. The van der Waals surface area contributed by atoms with Gasteiger partial charge in [0.25, 0.3) is 0 Å². The standard InChI is InChI=1S/C11H13NO2S/c1-12-6-2-3-8(12)7-5-10(11(13)14)15-9(7)4-6/h5-6,8H,2-4H2,1H3,(H,13,14)/t6-,8-/m1/s1. The minimum atomic E-state index is -0.784. The maximum absolute atomic E-state index is 10.9. The fourth-order valence-electron chi connectivity index (χ4n) is 2.84. The minimum Gasteiger partial charge on any atom is -0.477 e. The first-order valence-corrected chi connectivity index (χ1v) is 6.06. The molecule has 0 aliphatic carbocycles. The first kappa shape index (κ1) is 9.36. The smallest absolute Gasteiger partial charge is 0.345 e. The molecule has 1 aromatic rings. The number of hydrogen-bond acceptors (Lipinski definition) is 3. The van der Waals surface area contributed by atoms with E-state index in [1.807, 2.05) is 6.07 Å². The van der Waals surface area contributed by atoms with E-state index in [-0.39, 0.29) is 0 Å². The molecular formula is C11H13NO2S. The van der Waals surface area contributed by atoms with Gasteiger partial charge in [-0.1, -0.05) is 0 Å². The van der Waals surface area contributed by atoms with Crippen molar-refractivity contribution < 1.29 is 9.90 Å². The second kappa shape index (κ2) is 3.06. The van der Waals surface area contributed by atoms with Gasteiger partial charge in [-0.2, -0.15) is 0 Å². The van der Waals surface area contributed by atoms with Crippen LogP contribution in [0.4, 0.5) is 0 Å². The van der Waals surface area contributed by atoms with Crippen LogP contribution in [0, 0.1) is 0 Å². The molecule has 2 aliphatic rings. The summed E-state index contributed by atoms with van der Waals surface area (Å²) in [6.45, 7) is 0. The van der Waals surface area contributed by atoms with Gasteiger partial charge in [-0.15, -0.1) is 11.3 Å². The van der Waals surface area contributed by atoms with E-state index in [0.717, 1.165) is 6.42 Å². The molecular weight excluding hydrogens is 210 g/mol. The molecule has 3 heterocycles. The van der Waals surface area contributed by atoms with E-state index in [0.29, 0.717) is 17.0 Å². The molecule has 2 atom stereocenters. The Bertz CT molecular complexity index is 426. The fourth-order valence-corrected chi connectivity index (χ4v) is 3.96. The van der Waals surface area contributed by atoms with Crippen LogP contribution in [0.25, 0.3) is 0 Å². The van der Waals surface area contributed by atoms with Crippen molar-refractivity contribution in [1.29, 1.82) is 0 Å². The van der Waals surface area contributed by atoms with Crippen LogP contribution in [-0.4, -0.2) is 29.1 Å². The molecule has 3 nitrogen and oxygen atoms in total. The first-order chi connectivity index (χ1) is 7.16. The average Bonchev–Trinajstić information content (AvgIpc) is 2.70. The molecule has 80 valence electrons. The van der Waals surface area contributed by atoms with Gasteiger partial charge in [0.1, 0.15) is 4.88 Å². The lowest BCUT2D eigenvalue weighted by molar-refractivity contribution is 0.0702. The van der Waals surface area contributed by atoms with Gasteiger partial charge in [-0.05, 0) is 37.9 Å². The summed E-state index contributed by atoms with van der Waals surface area (Å²) < 4.78 is 0. The van der Waals surface area contributed by atoms with E-state index in [1.165, 1.54) is 34.6 Å². The van der Waals surface area contributed by atoms with Crippen LogP contribution in [0.5, 0.6) is 0 Å². The predicted molar refractivity (Wildman–Crippen MR) is 58.5 cm³/mol. The van der Waals surface area contributed by atoms with Crippen LogP contribution < -0.4 is 0 Å². The fraction of sp³-hybridized carbons (Fsp3) is 0.545. The van der Waals surface area contributed by atoms with E-state index < -0.39 is 5.97 Å². The van der Waals surface area contributed by atoms with E-state index in [1.54, 1.807) is 0 Å². The summed E-state index contributed by atoms with van der Waals surface area (Å²) in [5.41, 5.74) is 1.27. The molecule has 0 unspecified atom stereocenters. The highest BCUT2D eigenvalue weighted by atomic mass is 32.1. The van der Waals surface area contributed by atoms with Gasteiger partial charge >= 0.3 is 5.97 Å². The molecule has 1 N–H and O–H groups in total. The molecule has 0 aromatic carbocycles. The molecule has 0 radical (unpaired) electrons. The Kier molecular flexibility index (Phi) is 1.91. The number of thiophene rings is 1. The van der Waals surface area contributed by atoms with Gasteiger partial charge in [0.2, 0.25) is 0 Å². The van der Waals surface area contributed by atoms with Gasteiger partial charge in [0.15, 0.2) is 0 Å². The van der Waals surface area contributed by atoms with E-state index in [2.05, 4.69) is 11.9 Å². The van der Waals surface area contributed by atoms with E-state index in [9.17, 15) is 4.79 Å². The quantitative estimate of drug-likeness (QED) is 0.793. The van der Waals surface area contributed by atoms with Crippen LogP contribution >= 0.6 is 11.3 Å². The first-order valence-electron chi connectivity index (χ1n) is 5.24. The molecule has 2 bridgehead atoms. The van der Waals surface area contributed by atoms with Crippen molar-refractivity contribution >= 4 is 17.3 Å². The van der Waals surface area contributed by atoms with E-state index in [4.69, 9.17) is 5.11 Å². The lowest BCUT2D eigenvalue weighted by atomic mass is 10.0. The largest absolute Gasteiger partial charge is 0.477 e. The molecule has 4 heteroatoms. The van der Waals surface area contributed by atoms with Crippen molar-refractivity contribution in [3.8, 4) is 0 Å². The maximum atomic E-state index is 10.9. The monoisotopic (exact) mass is 223 g/mol. The number of nitrogens with zero attached hydrogens (tertiary/aromatic N) is 1. The number of rotatable bonds is 1. The SMILES string of the molecule is CN1[C@@H]2CC[C@@H]1c1cc(C(=O)O)sc1C2. The molecule has 1 aromatic heterocycles. The van der Waals surface area contributed by atoms with Crippen molar-refractivity contribution in [2.24, 2.45) is 0 Å². The Hall–Kier alpha value is -0.870. The molecule has 1 saturated heterocycles. The zero-order chi connectivity index (χ0) is 10.6. The molecule has 3 rings (SSSR count). The lowest BCUT2D eigenvalue weighted by Crippen LogP contribution is -2.33. The van der Waals surface area contributed by atoms with Gasteiger partial charge in [0.05, 0.1) is 0 Å². The van der Waals surface area contributed by atoms with Crippen molar-refractivity contribution in [2.75, 3.05) is 7.05 Å². The highest BCUT2D eigenvalue weighted by Gasteiger charge is 2.38. The second-order valence-corrected chi connectivity index (χ2v) is 5.55. The summed E-state index contributed by atoms with van der Waals surface area (Å²) >= 11 is 1.47. The third-order valence-corrected chi connectivity index (χ3v) is 4.83. The van der Waals surface area contributed by atoms with Crippen molar-refractivity contribution in [3.63, 3.8) is 0 Å². The molecule has 2 aliphatic heterocycles. The number of carboxylic acid groups (broad SMARTS) is 1. The Morgan fingerprint density at radius 1 is 1.60 bits per heavy atom. The minimum absolute atomic E-state index is 0.475. The number of likely N-dealkylation sites (N-methyl/N-ethyl adjacent to an activating group) is 1. The number of hydrogen-bond donors (Lipinski definition) is 1.